The summed E-state index contributed by atoms with van der Waals surface area (Å²) < 4.78 is 49.8. The summed E-state index contributed by atoms with van der Waals surface area (Å²) in [5, 5.41) is -0.142. The van der Waals surface area contributed by atoms with Gasteiger partial charge in [-0.1, -0.05) is 0 Å². The Hall–Kier alpha value is -1.24. The van der Waals surface area contributed by atoms with Gasteiger partial charge in [-0.05, 0) is 6.92 Å². The lowest BCUT2D eigenvalue weighted by Gasteiger charge is -2.03. The lowest BCUT2D eigenvalue weighted by molar-refractivity contribution is 0.514. The summed E-state index contributed by atoms with van der Waals surface area (Å²) in [4.78, 5) is 3.65. The molecular formula is C9H12F2N2O2S. The molecule has 1 aromatic rings. The van der Waals surface area contributed by atoms with E-state index in [4.69, 9.17) is 0 Å². The maximum atomic E-state index is 12.8. The Labute approximate surface area is 92.5 Å². The van der Waals surface area contributed by atoms with Crippen LogP contribution in [0.2, 0.25) is 0 Å². The molecule has 7 heteroatoms. The highest BCUT2D eigenvalue weighted by molar-refractivity contribution is 7.91. The number of imidazole rings is 1. The van der Waals surface area contributed by atoms with Crippen molar-refractivity contribution in [1.29, 1.82) is 0 Å². The van der Waals surface area contributed by atoms with Crippen LogP contribution in [0.3, 0.4) is 0 Å². The van der Waals surface area contributed by atoms with Gasteiger partial charge in [-0.3, -0.25) is 0 Å². The first-order valence-corrected chi connectivity index (χ1v) is 6.20. The highest BCUT2D eigenvalue weighted by Crippen LogP contribution is 2.15. The van der Waals surface area contributed by atoms with Crippen LogP contribution in [0.1, 0.15) is 13.3 Å². The number of rotatable bonds is 4. The van der Waals surface area contributed by atoms with E-state index in [9.17, 15) is 17.2 Å². The fourth-order valence-corrected chi connectivity index (χ4v) is 2.49. The third-order valence-electron chi connectivity index (χ3n) is 2.02. The summed E-state index contributed by atoms with van der Waals surface area (Å²) >= 11 is 0. The van der Waals surface area contributed by atoms with Crippen LogP contribution >= 0.6 is 0 Å². The number of nitrogens with zero attached hydrogens (tertiary/aromatic N) is 2. The Balaban J connectivity index is 2.83. The van der Waals surface area contributed by atoms with Crippen LogP contribution in [0, 0.1) is 0 Å². The van der Waals surface area contributed by atoms with Crippen molar-refractivity contribution >= 4 is 9.84 Å². The van der Waals surface area contributed by atoms with E-state index < -0.39 is 33.7 Å². The summed E-state index contributed by atoms with van der Waals surface area (Å²) in [6, 6.07) is 0. The first kappa shape index (κ1) is 12.8. The molecule has 0 atom stereocenters. The second kappa shape index (κ2) is 4.73. The molecule has 0 aromatic carbocycles. The van der Waals surface area contributed by atoms with Gasteiger partial charge < -0.3 is 4.57 Å². The highest BCUT2D eigenvalue weighted by atomic mass is 32.2. The Morgan fingerprint density at radius 1 is 1.50 bits per heavy atom. The first-order valence-electron chi connectivity index (χ1n) is 4.55. The molecule has 4 nitrogen and oxygen atoms in total. The van der Waals surface area contributed by atoms with Crippen LogP contribution in [0.15, 0.2) is 29.2 Å². The number of sulfone groups is 1. The number of aromatic nitrogens is 2. The van der Waals surface area contributed by atoms with Crippen molar-refractivity contribution in [3.63, 3.8) is 0 Å². The minimum atomic E-state index is -3.67. The molecule has 0 radical (unpaired) electrons. The minimum absolute atomic E-state index is 0.142. The van der Waals surface area contributed by atoms with Crippen LogP contribution in [-0.4, -0.2) is 23.7 Å². The van der Waals surface area contributed by atoms with Crippen LogP contribution in [0.4, 0.5) is 8.78 Å². The number of hydrogen-bond acceptors (Lipinski definition) is 3. The summed E-state index contributed by atoms with van der Waals surface area (Å²) in [5.41, 5.74) is 0. The second-order valence-corrected chi connectivity index (χ2v) is 5.33. The van der Waals surface area contributed by atoms with Gasteiger partial charge in [0.25, 0.3) is 0 Å². The SMILES string of the molecule is C/C(F)=C(\F)CCS(=O)(=O)c1nccn1C. The van der Waals surface area contributed by atoms with E-state index in [0.29, 0.717) is 0 Å². The van der Waals surface area contributed by atoms with E-state index in [-0.39, 0.29) is 5.16 Å². The van der Waals surface area contributed by atoms with Crippen LogP contribution in [0.25, 0.3) is 0 Å². The maximum Gasteiger partial charge on any atom is 0.227 e. The first-order chi connectivity index (χ1) is 7.34. The van der Waals surface area contributed by atoms with E-state index in [1.807, 2.05) is 0 Å². The molecule has 0 spiro atoms. The van der Waals surface area contributed by atoms with Gasteiger partial charge >= 0.3 is 0 Å². The van der Waals surface area contributed by atoms with Gasteiger partial charge in [0.15, 0.2) is 0 Å². The Kier molecular flexibility index (Phi) is 3.79. The number of halogens is 2. The van der Waals surface area contributed by atoms with Crippen molar-refractivity contribution in [3.05, 3.63) is 24.0 Å². The Morgan fingerprint density at radius 3 is 2.56 bits per heavy atom. The lowest BCUT2D eigenvalue weighted by Crippen LogP contribution is -2.12. The molecule has 90 valence electrons. The Morgan fingerprint density at radius 2 is 2.12 bits per heavy atom. The summed E-state index contributed by atoms with van der Waals surface area (Å²) in [5.74, 6) is -2.53. The fraction of sp³-hybridized carbons (Fsp3) is 0.444. The highest BCUT2D eigenvalue weighted by Gasteiger charge is 2.20. The van der Waals surface area contributed by atoms with Crippen LogP contribution in [-0.2, 0) is 16.9 Å². The third-order valence-corrected chi connectivity index (χ3v) is 3.71. The smallest absolute Gasteiger partial charge is 0.227 e. The van der Waals surface area contributed by atoms with Crippen molar-refractivity contribution in [2.45, 2.75) is 18.5 Å². The van der Waals surface area contributed by atoms with Gasteiger partial charge in [0.2, 0.25) is 15.0 Å². The molecular weight excluding hydrogens is 238 g/mol. The fourth-order valence-electron chi connectivity index (χ4n) is 1.14. The molecule has 1 heterocycles. The van der Waals surface area contributed by atoms with Gasteiger partial charge in [-0.2, -0.15) is 0 Å². The largest absolute Gasteiger partial charge is 0.325 e. The lowest BCUT2D eigenvalue weighted by atomic mass is 10.4. The molecule has 0 saturated carbocycles. The Bertz CT molecular complexity index is 501. The molecule has 1 rings (SSSR count). The number of allylic oxidation sites excluding steroid dienone is 2. The van der Waals surface area contributed by atoms with Crippen LogP contribution in [0.5, 0.6) is 0 Å². The van der Waals surface area contributed by atoms with Gasteiger partial charge in [0, 0.05) is 25.9 Å². The minimum Gasteiger partial charge on any atom is -0.325 e. The summed E-state index contributed by atoms with van der Waals surface area (Å²) in [6.07, 6.45) is 2.33. The molecule has 16 heavy (non-hydrogen) atoms. The van der Waals surface area contributed by atoms with Gasteiger partial charge in [0.1, 0.15) is 11.7 Å². The summed E-state index contributed by atoms with van der Waals surface area (Å²) in [6.45, 7) is 0.947. The molecule has 0 unspecified atom stereocenters. The molecule has 0 amide bonds. The van der Waals surface area contributed by atoms with E-state index in [1.54, 1.807) is 0 Å². The van der Waals surface area contributed by atoms with Gasteiger partial charge in [0.05, 0.1) is 5.75 Å². The predicted molar refractivity (Wildman–Crippen MR) is 54.8 cm³/mol. The standard InChI is InChI=1S/C9H12F2N2O2S/c1-7(10)8(11)3-6-16(14,15)9-12-4-5-13(9)2/h4-5H,3,6H2,1-2H3/b8-7+. The number of aryl methyl sites for hydroxylation is 1. The monoisotopic (exact) mass is 250 g/mol. The third kappa shape index (κ3) is 2.88. The normalized spacial score (nSPS) is 13.8. The van der Waals surface area contributed by atoms with Crippen molar-refractivity contribution in [1.82, 2.24) is 9.55 Å². The van der Waals surface area contributed by atoms with E-state index in [2.05, 4.69) is 4.98 Å². The second-order valence-electron chi connectivity index (χ2n) is 3.33. The summed E-state index contributed by atoms with van der Waals surface area (Å²) in [7, 11) is -2.14. The quantitative estimate of drug-likeness (QED) is 0.818. The molecule has 0 aliphatic carbocycles. The van der Waals surface area contributed by atoms with E-state index >= 15 is 0 Å². The zero-order valence-electron chi connectivity index (χ0n) is 8.94. The topological polar surface area (TPSA) is 52.0 Å². The molecule has 0 N–H and O–H groups in total. The van der Waals surface area contributed by atoms with Crippen molar-refractivity contribution in [2.75, 3.05) is 5.75 Å². The predicted octanol–water partition coefficient (Wildman–Crippen LogP) is 1.75. The molecule has 1 aromatic heterocycles. The van der Waals surface area contributed by atoms with Crippen LogP contribution < -0.4 is 0 Å². The van der Waals surface area contributed by atoms with Gasteiger partial charge in [-0.25, -0.2) is 22.2 Å². The average Bonchev–Trinajstić information content (AvgIpc) is 2.61. The average molecular weight is 250 g/mol. The van der Waals surface area contributed by atoms with Crippen molar-refractivity contribution < 1.29 is 17.2 Å². The molecule has 0 saturated heterocycles. The molecule has 0 aliphatic rings. The van der Waals surface area contributed by atoms with E-state index in [1.165, 1.54) is 24.0 Å². The van der Waals surface area contributed by atoms with Gasteiger partial charge in [-0.15, -0.1) is 0 Å². The molecule has 0 fully saturated rings. The maximum absolute atomic E-state index is 12.8. The zero-order valence-corrected chi connectivity index (χ0v) is 9.76. The zero-order chi connectivity index (χ0) is 12.3. The van der Waals surface area contributed by atoms with Crippen molar-refractivity contribution in [2.24, 2.45) is 7.05 Å². The van der Waals surface area contributed by atoms with Crippen molar-refractivity contribution in [3.8, 4) is 0 Å². The number of hydrogen-bond donors (Lipinski definition) is 0. The molecule has 0 aliphatic heterocycles. The molecule has 0 bridgehead atoms. The van der Waals surface area contributed by atoms with E-state index in [0.717, 1.165) is 6.92 Å².